The van der Waals surface area contributed by atoms with E-state index in [1.54, 1.807) is 4.90 Å². The highest BCUT2D eigenvalue weighted by atomic mass is 16.5. The van der Waals surface area contributed by atoms with Crippen molar-refractivity contribution in [1.82, 2.24) is 4.90 Å². The van der Waals surface area contributed by atoms with Crippen molar-refractivity contribution in [3.8, 4) is 0 Å². The van der Waals surface area contributed by atoms with E-state index in [1.165, 1.54) is 12.7 Å². The average molecular weight is 288 g/mol. The molecule has 2 heterocycles. The maximum atomic E-state index is 12.9. The van der Waals surface area contributed by atoms with Gasteiger partial charge in [-0.1, -0.05) is 18.2 Å². The van der Waals surface area contributed by atoms with Crippen molar-refractivity contribution in [2.75, 3.05) is 25.1 Å². The van der Waals surface area contributed by atoms with Crippen LogP contribution in [-0.2, 0) is 16.0 Å². The van der Waals surface area contributed by atoms with Gasteiger partial charge in [0.2, 0.25) is 5.91 Å². The Labute approximate surface area is 124 Å². The lowest BCUT2D eigenvalue weighted by molar-refractivity contribution is -0.122. The number of rotatable bonds is 1. The molecule has 0 bridgehead atoms. The van der Waals surface area contributed by atoms with Crippen molar-refractivity contribution in [3.63, 3.8) is 0 Å². The van der Waals surface area contributed by atoms with Crippen LogP contribution in [-0.4, -0.2) is 43.1 Å². The number of para-hydroxylation sites is 1. The number of fused-ring (bicyclic) bond motifs is 1. The first-order valence-electron chi connectivity index (χ1n) is 7.46. The first-order valence-corrected chi connectivity index (χ1v) is 7.46. The van der Waals surface area contributed by atoms with Gasteiger partial charge in [-0.2, -0.15) is 0 Å². The third-order valence-corrected chi connectivity index (χ3v) is 4.32. The van der Waals surface area contributed by atoms with E-state index < -0.39 is 6.09 Å². The predicted octanol–water partition coefficient (Wildman–Crippen LogP) is 2.20. The minimum atomic E-state index is -0.406. The number of nitrogens with zero attached hydrogens (tertiary/aromatic N) is 2. The molecule has 5 nitrogen and oxygen atoms in total. The van der Waals surface area contributed by atoms with Crippen LogP contribution in [0, 0.1) is 0 Å². The summed E-state index contributed by atoms with van der Waals surface area (Å²) in [5, 5.41) is 0. The largest absolute Gasteiger partial charge is 0.453 e. The molecular weight excluding hydrogens is 268 g/mol. The number of hydrogen-bond donors (Lipinski definition) is 0. The van der Waals surface area contributed by atoms with Gasteiger partial charge >= 0.3 is 6.09 Å². The van der Waals surface area contributed by atoms with E-state index in [9.17, 15) is 9.59 Å². The number of likely N-dealkylation sites (tertiary alicyclic amines) is 1. The molecule has 2 aliphatic rings. The molecule has 0 aromatic heterocycles. The zero-order valence-electron chi connectivity index (χ0n) is 12.2. The van der Waals surface area contributed by atoms with Crippen LogP contribution in [0.4, 0.5) is 10.5 Å². The SMILES string of the molecule is COC(=O)N1CCCC1C(=O)N1CCCc2ccccc21. The van der Waals surface area contributed by atoms with E-state index in [-0.39, 0.29) is 11.9 Å². The molecule has 1 unspecified atom stereocenters. The number of ether oxygens (including phenoxy) is 1. The van der Waals surface area contributed by atoms with Crippen molar-refractivity contribution in [1.29, 1.82) is 0 Å². The molecule has 0 N–H and O–H groups in total. The van der Waals surface area contributed by atoms with Crippen molar-refractivity contribution < 1.29 is 14.3 Å². The Morgan fingerprint density at radius 1 is 1.19 bits per heavy atom. The van der Waals surface area contributed by atoms with E-state index in [2.05, 4.69) is 6.07 Å². The topological polar surface area (TPSA) is 49.9 Å². The monoisotopic (exact) mass is 288 g/mol. The molecule has 0 saturated carbocycles. The molecule has 0 radical (unpaired) electrons. The third kappa shape index (κ3) is 2.48. The molecule has 2 aliphatic heterocycles. The van der Waals surface area contributed by atoms with Crippen LogP contribution in [0.25, 0.3) is 0 Å². The molecular formula is C16H20N2O3. The second-order valence-electron chi connectivity index (χ2n) is 5.54. The Morgan fingerprint density at radius 3 is 2.81 bits per heavy atom. The van der Waals surface area contributed by atoms with Gasteiger partial charge in [-0.25, -0.2) is 4.79 Å². The fraction of sp³-hybridized carbons (Fsp3) is 0.500. The fourth-order valence-electron chi connectivity index (χ4n) is 3.30. The number of benzene rings is 1. The van der Waals surface area contributed by atoms with Crippen LogP contribution in [0.3, 0.4) is 0 Å². The Bertz CT molecular complexity index is 558. The summed E-state index contributed by atoms with van der Waals surface area (Å²) in [4.78, 5) is 28.1. The van der Waals surface area contributed by atoms with Gasteiger partial charge in [-0.3, -0.25) is 9.69 Å². The number of carbonyl (C=O) groups is 2. The van der Waals surface area contributed by atoms with E-state index in [0.29, 0.717) is 13.0 Å². The first-order chi connectivity index (χ1) is 10.2. The molecule has 0 aliphatic carbocycles. The summed E-state index contributed by atoms with van der Waals surface area (Å²) in [5.41, 5.74) is 2.20. The molecule has 3 rings (SSSR count). The summed E-state index contributed by atoms with van der Waals surface area (Å²) in [6.07, 6.45) is 3.13. The standard InChI is InChI=1S/C16H20N2O3/c1-21-16(20)18-11-5-9-14(18)15(19)17-10-4-7-12-6-2-3-8-13(12)17/h2-3,6,8,14H,4-5,7,9-11H2,1H3. The number of amides is 2. The van der Waals surface area contributed by atoms with Crippen LogP contribution >= 0.6 is 0 Å². The quantitative estimate of drug-likeness (QED) is 0.796. The summed E-state index contributed by atoms with van der Waals surface area (Å²) >= 11 is 0. The van der Waals surface area contributed by atoms with Crippen molar-refractivity contribution in [3.05, 3.63) is 29.8 Å². The van der Waals surface area contributed by atoms with Gasteiger partial charge in [0.15, 0.2) is 0 Å². The number of anilines is 1. The van der Waals surface area contributed by atoms with Gasteiger partial charge in [0.05, 0.1) is 7.11 Å². The maximum absolute atomic E-state index is 12.9. The molecule has 112 valence electrons. The van der Waals surface area contributed by atoms with E-state index in [1.807, 2.05) is 23.1 Å². The van der Waals surface area contributed by atoms with Gasteiger partial charge < -0.3 is 9.64 Å². The molecule has 0 spiro atoms. The minimum Gasteiger partial charge on any atom is -0.453 e. The summed E-state index contributed by atoms with van der Waals surface area (Å²) in [5.74, 6) is 0.0186. The highest BCUT2D eigenvalue weighted by molar-refractivity contribution is 5.99. The van der Waals surface area contributed by atoms with Crippen LogP contribution in [0.5, 0.6) is 0 Å². The summed E-state index contributed by atoms with van der Waals surface area (Å²) in [6, 6.07) is 7.63. The van der Waals surface area contributed by atoms with Crippen LogP contribution in [0.1, 0.15) is 24.8 Å². The van der Waals surface area contributed by atoms with Crippen LogP contribution in [0.15, 0.2) is 24.3 Å². The molecule has 1 fully saturated rings. The van der Waals surface area contributed by atoms with Gasteiger partial charge in [0, 0.05) is 18.8 Å². The second kappa shape index (κ2) is 5.76. The Morgan fingerprint density at radius 2 is 2.00 bits per heavy atom. The van der Waals surface area contributed by atoms with Gasteiger partial charge in [-0.15, -0.1) is 0 Å². The average Bonchev–Trinajstić information content (AvgIpc) is 3.02. The lowest BCUT2D eigenvalue weighted by Crippen LogP contribution is -2.49. The molecule has 2 amide bonds. The number of aryl methyl sites for hydroxylation is 1. The first kappa shape index (κ1) is 13.9. The molecule has 1 saturated heterocycles. The van der Waals surface area contributed by atoms with E-state index in [4.69, 9.17) is 4.74 Å². The fourth-order valence-corrected chi connectivity index (χ4v) is 3.30. The van der Waals surface area contributed by atoms with Gasteiger partial charge in [-0.05, 0) is 37.3 Å². The lowest BCUT2D eigenvalue weighted by Gasteiger charge is -2.33. The molecule has 1 atom stereocenters. The van der Waals surface area contributed by atoms with Gasteiger partial charge in [0.1, 0.15) is 6.04 Å². The third-order valence-electron chi connectivity index (χ3n) is 4.32. The summed E-state index contributed by atoms with van der Waals surface area (Å²) in [6.45, 7) is 1.32. The predicted molar refractivity (Wildman–Crippen MR) is 79.2 cm³/mol. The van der Waals surface area contributed by atoms with Crippen LogP contribution in [0.2, 0.25) is 0 Å². The van der Waals surface area contributed by atoms with Crippen molar-refractivity contribution in [2.24, 2.45) is 0 Å². The smallest absolute Gasteiger partial charge is 0.410 e. The Kier molecular flexibility index (Phi) is 3.82. The maximum Gasteiger partial charge on any atom is 0.410 e. The number of hydrogen-bond acceptors (Lipinski definition) is 3. The normalized spacial score (nSPS) is 21.1. The molecule has 1 aromatic carbocycles. The van der Waals surface area contributed by atoms with E-state index in [0.717, 1.165) is 31.5 Å². The lowest BCUT2D eigenvalue weighted by atomic mass is 10.0. The van der Waals surface area contributed by atoms with E-state index >= 15 is 0 Å². The van der Waals surface area contributed by atoms with Crippen molar-refractivity contribution in [2.45, 2.75) is 31.7 Å². The van der Waals surface area contributed by atoms with Gasteiger partial charge in [0.25, 0.3) is 0 Å². The number of methoxy groups -OCH3 is 1. The van der Waals surface area contributed by atoms with Crippen molar-refractivity contribution >= 4 is 17.7 Å². The molecule has 1 aromatic rings. The highest BCUT2D eigenvalue weighted by Crippen LogP contribution is 2.29. The zero-order chi connectivity index (χ0) is 14.8. The highest BCUT2D eigenvalue weighted by Gasteiger charge is 2.38. The zero-order valence-corrected chi connectivity index (χ0v) is 12.2. The Hall–Kier alpha value is -2.04. The molecule has 5 heteroatoms. The second-order valence-corrected chi connectivity index (χ2v) is 5.54. The number of carbonyl (C=O) groups excluding carboxylic acids is 2. The minimum absolute atomic E-state index is 0.0186. The summed E-state index contributed by atoms with van der Waals surface area (Å²) < 4.78 is 4.79. The molecule has 21 heavy (non-hydrogen) atoms. The van der Waals surface area contributed by atoms with Crippen LogP contribution < -0.4 is 4.90 Å². The summed E-state index contributed by atoms with van der Waals surface area (Å²) in [7, 11) is 1.36. The Balaban J connectivity index is 1.84.